The maximum atomic E-state index is 4.22. The van der Waals surface area contributed by atoms with E-state index < -0.39 is 0 Å². The second-order valence-electron chi connectivity index (χ2n) is 15.8. The van der Waals surface area contributed by atoms with E-state index in [9.17, 15) is 0 Å². The zero-order chi connectivity index (χ0) is 30.9. The van der Waals surface area contributed by atoms with Crippen LogP contribution in [0.3, 0.4) is 0 Å². The van der Waals surface area contributed by atoms with E-state index in [1.165, 1.54) is 29.5 Å². The summed E-state index contributed by atoms with van der Waals surface area (Å²) in [6, 6.07) is 5.25. The molecule has 1 aromatic rings. The predicted molar refractivity (Wildman–Crippen MR) is 187 cm³/mol. The van der Waals surface area contributed by atoms with Crippen LogP contribution in [0.15, 0.2) is 91.6 Å². The Morgan fingerprint density at radius 1 is 0.929 bits per heavy atom. The van der Waals surface area contributed by atoms with Gasteiger partial charge in [-0.25, -0.2) is 0 Å². The number of benzene rings is 1. The van der Waals surface area contributed by atoms with Crippen molar-refractivity contribution in [3.05, 3.63) is 114 Å². The molecule has 226 valence electrons. The van der Waals surface area contributed by atoms with E-state index in [1.807, 2.05) is 0 Å². The summed E-state index contributed by atoms with van der Waals surface area (Å²) in [5, 5.41) is 0. The summed E-state index contributed by atoms with van der Waals surface area (Å²) >= 11 is 0. The molecule has 0 bridgehead atoms. The van der Waals surface area contributed by atoms with Crippen LogP contribution in [-0.2, 0) is 17.3 Å². The van der Waals surface area contributed by atoms with Crippen molar-refractivity contribution in [2.45, 2.75) is 111 Å². The first-order chi connectivity index (χ1) is 19.7. The van der Waals surface area contributed by atoms with E-state index in [0.717, 1.165) is 32.1 Å². The molecule has 0 amide bonds. The molecule has 0 radical (unpaired) electrons. The van der Waals surface area contributed by atoms with Crippen LogP contribution in [0, 0.1) is 29.1 Å². The Morgan fingerprint density at radius 2 is 1.57 bits per heavy atom. The molecule has 3 aliphatic carbocycles. The Morgan fingerprint density at radius 3 is 2.17 bits per heavy atom. The van der Waals surface area contributed by atoms with Crippen LogP contribution < -0.4 is 0 Å². The highest BCUT2D eigenvalue weighted by Gasteiger charge is 2.40. The van der Waals surface area contributed by atoms with Crippen molar-refractivity contribution in [1.29, 1.82) is 0 Å². The molecule has 3 aliphatic rings. The van der Waals surface area contributed by atoms with E-state index in [4.69, 9.17) is 0 Å². The van der Waals surface area contributed by atoms with E-state index in [-0.39, 0.29) is 16.2 Å². The molecule has 0 saturated carbocycles. The monoisotopic (exact) mass is 562 g/mol. The Bertz CT molecular complexity index is 1310. The lowest BCUT2D eigenvalue weighted by Gasteiger charge is -2.42. The van der Waals surface area contributed by atoms with Crippen LogP contribution in [0.2, 0.25) is 0 Å². The highest BCUT2D eigenvalue weighted by Crippen LogP contribution is 2.51. The molecule has 0 fully saturated rings. The highest BCUT2D eigenvalue weighted by molar-refractivity contribution is 5.81. The topological polar surface area (TPSA) is 0 Å². The minimum Gasteiger partial charge on any atom is -0.103 e. The third-order valence-corrected chi connectivity index (χ3v) is 10.8. The molecule has 0 nitrogen and oxygen atoms in total. The zero-order valence-corrected chi connectivity index (χ0v) is 28.2. The minimum absolute atomic E-state index is 0.198. The van der Waals surface area contributed by atoms with Gasteiger partial charge in [-0.3, -0.25) is 0 Å². The maximum Gasteiger partial charge on any atom is 0.00895 e. The van der Waals surface area contributed by atoms with Gasteiger partial charge in [0.15, 0.2) is 0 Å². The van der Waals surface area contributed by atoms with Crippen molar-refractivity contribution in [2.24, 2.45) is 29.1 Å². The van der Waals surface area contributed by atoms with Gasteiger partial charge in [-0.05, 0) is 108 Å². The van der Waals surface area contributed by atoms with Crippen LogP contribution in [0.5, 0.6) is 0 Å². The van der Waals surface area contributed by atoms with Crippen molar-refractivity contribution >= 4 is 5.57 Å². The number of fused-ring (bicyclic) bond motifs is 3. The summed E-state index contributed by atoms with van der Waals surface area (Å²) in [6.07, 6.45) is 26.4. The molecular formula is C42H58. The lowest BCUT2D eigenvalue weighted by Crippen LogP contribution is -2.34. The minimum atomic E-state index is 0.198. The second-order valence-corrected chi connectivity index (χ2v) is 15.8. The van der Waals surface area contributed by atoms with Crippen molar-refractivity contribution < 1.29 is 0 Å². The third kappa shape index (κ3) is 6.64. The maximum absolute atomic E-state index is 4.22. The summed E-state index contributed by atoms with van der Waals surface area (Å²) in [5.41, 5.74) is 11.5. The average Bonchev–Trinajstić information content (AvgIpc) is 3.27. The Labute approximate surface area is 259 Å². The molecule has 0 N–H and O–H groups in total. The van der Waals surface area contributed by atoms with Gasteiger partial charge in [-0.2, -0.15) is 0 Å². The molecular weight excluding hydrogens is 504 g/mol. The molecule has 0 heterocycles. The molecule has 42 heavy (non-hydrogen) atoms. The van der Waals surface area contributed by atoms with Crippen LogP contribution >= 0.6 is 0 Å². The fourth-order valence-electron chi connectivity index (χ4n) is 7.64. The first kappa shape index (κ1) is 32.3. The molecule has 0 saturated heterocycles. The number of allylic oxidation sites excluding steroid dienone is 11. The van der Waals surface area contributed by atoms with Gasteiger partial charge in [-0.1, -0.05) is 120 Å². The van der Waals surface area contributed by atoms with Gasteiger partial charge < -0.3 is 0 Å². The SMILES string of the molecule is C=CCC1/C=C/C(CC=C)C(/C=C/CC(C=C)C(C)(C)C)C2=C(C/C=C\1C)Cc1cc3c(cc12)C(C)(C)CCC3(C)C. The second kappa shape index (κ2) is 12.6. The fourth-order valence-corrected chi connectivity index (χ4v) is 7.64. The van der Waals surface area contributed by atoms with E-state index >= 15 is 0 Å². The van der Waals surface area contributed by atoms with Gasteiger partial charge in [0.25, 0.3) is 0 Å². The van der Waals surface area contributed by atoms with Gasteiger partial charge in [0.2, 0.25) is 0 Å². The van der Waals surface area contributed by atoms with Gasteiger partial charge >= 0.3 is 0 Å². The van der Waals surface area contributed by atoms with Gasteiger partial charge in [-0.15, -0.1) is 19.7 Å². The van der Waals surface area contributed by atoms with Crippen molar-refractivity contribution in [3.63, 3.8) is 0 Å². The van der Waals surface area contributed by atoms with Crippen LogP contribution in [0.25, 0.3) is 5.57 Å². The standard InChI is InChI=1S/C42H58/c1-12-16-30-22-23-31(17-13-2)35(19-15-18-34(14-3)40(5,6)7)39-32(21-20-29(30)4)26-33-27-37-38(28-36(33)39)42(10,11)25-24-41(37,8)9/h12-15,19-20,22-23,27-28,30-31,34-35H,1-3,16-18,21,24-26H2,4-11H3/b19-15+,23-22+,29-20-. The zero-order valence-electron chi connectivity index (χ0n) is 28.2. The molecule has 1 aromatic carbocycles. The Kier molecular flexibility index (Phi) is 9.66. The normalized spacial score (nSPS) is 27.7. The number of hydrogen-bond acceptors (Lipinski definition) is 0. The average molecular weight is 563 g/mol. The quantitative estimate of drug-likeness (QED) is 0.276. The summed E-state index contributed by atoms with van der Waals surface area (Å²) in [6.45, 7) is 31.6. The van der Waals surface area contributed by atoms with Gasteiger partial charge in [0, 0.05) is 11.8 Å². The smallest absolute Gasteiger partial charge is 0.00895 e. The summed E-state index contributed by atoms with van der Waals surface area (Å²) < 4.78 is 0. The van der Waals surface area contributed by atoms with Crippen LogP contribution in [-0.4, -0.2) is 0 Å². The van der Waals surface area contributed by atoms with Crippen molar-refractivity contribution in [3.8, 4) is 0 Å². The number of hydrogen-bond donors (Lipinski definition) is 0. The predicted octanol–water partition coefficient (Wildman–Crippen LogP) is 12.0. The van der Waals surface area contributed by atoms with E-state index in [0.29, 0.717) is 23.7 Å². The van der Waals surface area contributed by atoms with Crippen LogP contribution in [0.1, 0.15) is 116 Å². The largest absolute Gasteiger partial charge is 0.103 e. The molecule has 4 unspecified atom stereocenters. The van der Waals surface area contributed by atoms with Gasteiger partial charge in [0.05, 0.1) is 0 Å². The number of rotatable bonds is 8. The molecule has 0 aromatic heterocycles. The molecule has 4 atom stereocenters. The van der Waals surface area contributed by atoms with E-state index in [2.05, 4.69) is 136 Å². The molecule has 0 heteroatoms. The first-order valence-electron chi connectivity index (χ1n) is 16.5. The first-order valence-corrected chi connectivity index (χ1v) is 16.5. The summed E-state index contributed by atoms with van der Waals surface area (Å²) in [7, 11) is 0. The van der Waals surface area contributed by atoms with Gasteiger partial charge in [0.1, 0.15) is 0 Å². The lowest BCUT2D eigenvalue weighted by atomic mass is 9.62. The Balaban J connectivity index is 1.91. The molecule has 0 spiro atoms. The summed E-state index contributed by atoms with van der Waals surface area (Å²) in [4.78, 5) is 0. The fraction of sp³-hybridized carbons (Fsp3) is 0.524. The highest BCUT2D eigenvalue weighted by atomic mass is 14.4. The summed E-state index contributed by atoms with van der Waals surface area (Å²) in [5.74, 6) is 1.54. The molecule has 0 aliphatic heterocycles. The lowest BCUT2D eigenvalue weighted by molar-refractivity contribution is 0.295. The van der Waals surface area contributed by atoms with E-state index in [1.54, 1.807) is 22.3 Å². The van der Waals surface area contributed by atoms with Crippen LogP contribution in [0.4, 0.5) is 0 Å². The third-order valence-electron chi connectivity index (χ3n) is 10.8. The molecule has 4 rings (SSSR count). The van der Waals surface area contributed by atoms with Crippen molar-refractivity contribution in [1.82, 2.24) is 0 Å². The Hall–Kier alpha value is -2.60. The van der Waals surface area contributed by atoms with Crippen molar-refractivity contribution in [2.75, 3.05) is 0 Å².